The van der Waals surface area contributed by atoms with E-state index in [0.29, 0.717) is 30.6 Å². The maximum absolute atomic E-state index is 11.3. The highest BCUT2D eigenvalue weighted by Gasteiger charge is 2.47. The molecule has 1 saturated heterocycles. The van der Waals surface area contributed by atoms with Crippen LogP contribution in [0.25, 0.3) is 0 Å². The van der Waals surface area contributed by atoms with Gasteiger partial charge in [-0.1, -0.05) is 30.7 Å². The molecule has 0 bridgehead atoms. The third-order valence-electron chi connectivity index (χ3n) is 7.51. The van der Waals surface area contributed by atoms with Gasteiger partial charge in [0.1, 0.15) is 0 Å². The van der Waals surface area contributed by atoms with Gasteiger partial charge in [0.05, 0.1) is 19.3 Å². The summed E-state index contributed by atoms with van der Waals surface area (Å²) in [6, 6.07) is 0. The van der Waals surface area contributed by atoms with E-state index in [-0.39, 0.29) is 24.3 Å². The molecule has 3 fully saturated rings. The molecule has 1 heterocycles. The SMILES string of the molecule is CC#CCC(C)[C@@H](O)/C=C/[C@H]1[C@H](OC2CCCCO2)CC2C/C(=C\CCCC(=O)OC)C[C@@H]21. The van der Waals surface area contributed by atoms with E-state index < -0.39 is 6.10 Å². The molecule has 0 amide bonds. The molecule has 2 saturated carbocycles. The Balaban J connectivity index is 1.62. The summed E-state index contributed by atoms with van der Waals surface area (Å²) in [6.07, 6.45) is 15.5. The second kappa shape index (κ2) is 13.3. The zero-order valence-corrected chi connectivity index (χ0v) is 20.6. The largest absolute Gasteiger partial charge is 0.469 e. The number of hydrogen-bond donors (Lipinski definition) is 1. The average molecular weight is 459 g/mol. The fourth-order valence-electron chi connectivity index (χ4n) is 5.54. The van der Waals surface area contributed by atoms with Crippen LogP contribution >= 0.6 is 0 Å². The summed E-state index contributed by atoms with van der Waals surface area (Å²) in [6.45, 7) is 4.67. The topological polar surface area (TPSA) is 65.0 Å². The number of carbonyl (C=O) groups is 1. The number of aliphatic hydroxyl groups is 1. The zero-order valence-electron chi connectivity index (χ0n) is 20.6. The van der Waals surface area contributed by atoms with Crippen LogP contribution in [0.3, 0.4) is 0 Å². The van der Waals surface area contributed by atoms with E-state index in [1.165, 1.54) is 12.7 Å². The first kappa shape index (κ1) is 26.0. The van der Waals surface area contributed by atoms with Crippen molar-refractivity contribution in [1.29, 1.82) is 0 Å². The van der Waals surface area contributed by atoms with Gasteiger partial charge in [0.15, 0.2) is 6.29 Å². The summed E-state index contributed by atoms with van der Waals surface area (Å²) < 4.78 is 17.1. The molecular weight excluding hydrogens is 416 g/mol. The van der Waals surface area contributed by atoms with Crippen LogP contribution in [0.15, 0.2) is 23.8 Å². The van der Waals surface area contributed by atoms with E-state index in [1.54, 1.807) is 0 Å². The smallest absolute Gasteiger partial charge is 0.305 e. The minimum absolute atomic E-state index is 0.0875. The maximum Gasteiger partial charge on any atom is 0.305 e. The number of aliphatic hydroxyl groups excluding tert-OH is 1. The van der Waals surface area contributed by atoms with E-state index >= 15 is 0 Å². The Morgan fingerprint density at radius 3 is 2.91 bits per heavy atom. The molecular formula is C28H42O5. The van der Waals surface area contributed by atoms with Gasteiger partial charge in [0.2, 0.25) is 0 Å². The van der Waals surface area contributed by atoms with Crippen LogP contribution in [0.4, 0.5) is 0 Å². The van der Waals surface area contributed by atoms with Crippen molar-refractivity contribution in [3.05, 3.63) is 23.8 Å². The lowest BCUT2D eigenvalue weighted by molar-refractivity contribution is -0.193. The average Bonchev–Trinajstić information content (AvgIpc) is 3.36. The molecule has 1 aliphatic heterocycles. The molecule has 0 radical (unpaired) electrons. The van der Waals surface area contributed by atoms with Crippen molar-refractivity contribution in [2.75, 3.05) is 13.7 Å². The molecule has 3 rings (SSSR count). The highest BCUT2D eigenvalue weighted by atomic mass is 16.7. The number of carbonyl (C=O) groups excluding carboxylic acids is 1. The van der Waals surface area contributed by atoms with E-state index in [9.17, 15) is 9.90 Å². The highest BCUT2D eigenvalue weighted by molar-refractivity contribution is 5.69. The summed E-state index contributed by atoms with van der Waals surface area (Å²) in [7, 11) is 1.44. The molecule has 1 N–H and O–H groups in total. The van der Waals surface area contributed by atoms with Crippen LogP contribution in [0, 0.1) is 35.5 Å². The van der Waals surface area contributed by atoms with Crippen molar-refractivity contribution in [1.82, 2.24) is 0 Å². The van der Waals surface area contributed by atoms with Crippen molar-refractivity contribution in [2.45, 2.75) is 96.6 Å². The molecule has 0 spiro atoms. The van der Waals surface area contributed by atoms with Crippen molar-refractivity contribution in [3.8, 4) is 11.8 Å². The number of rotatable bonds is 10. The van der Waals surface area contributed by atoms with Crippen LogP contribution in [0.5, 0.6) is 0 Å². The van der Waals surface area contributed by atoms with Gasteiger partial charge in [0.25, 0.3) is 0 Å². The molecule has 33 heavy (non-hydrogen) atoms. The van der Waals surface area contributed by atoms with Crippen molar-refractivity contribution >= 4 is 5.97 Å². The van der Waals surface area contributed by atoms with Gasteiger partial charge in [-0.15, -0.1) is 11.8 Å². The second-order valence-corrected chi connectivity index (χ2v) is 9.93. The summed E-state index contributed by atoms with van der Waals surface area (Å²) in [5, 5.41) is 10.6. The molecule has 5 heteroatoms. The quantitative estimate of drug-likeness (QED) is 0.211. The van der Waals surface area contributed by atoms with Crippen LogP contribution in [-0.4, -0.2) is 43.3 Å². The number of unbranched alkanes of at least 4 members (excludes halogenated alkanes) is 1. The Hall–Kier alpha value is -1.61. The fraction of sp³-hybridized carbons (Fsp3) is 0.750. The van der Waals surface area contributed by atoms with Gasteiger partial charge in [-0.05, 0) is 76.0 Å². The molecule has 0 aromatic rings. The molecule has 184 valence electrons. The number of methoxy groups -OCH3 is 1. The molecule has 5 nitrogen and oxygen atoms in total. The molecule has 2 aliphatic carbocycles. The van der Waals surface area contributed by atoms with E-state index in [0.717, 1.165) is 58.0 Å². The number of esters is 1. The second-order valence-electron chi connectivity index (χ2n) is 9.93. The lowest BCUT2D eigenvalue weighted by Crippen LogP contribution is -2.31. The van der Waals surface area contributed by atoms with Crippen LogP contribution in [0.1, 0.15) is 78.1 Å². The number of fused-ring (bicyclic) bond motifs is 1. The number of allylic oxidation sites excluding steroid dienone is 2. The number of hydrogen-bond acceptors (Lipinski definition) is 5. The Morgan fingerprint density at radius 1 is 1.33 bits per heavy atom. The predicted octanol–water partition coefficient (Wildman–Crippen LogP) is 5.18. The van der Waals surface area contributed by atoms with E-state index in [2.05, 4.69) is 24.0 Å². The van der Waals surface area contributed by atoms with Gasteiger partial charge < -0.3 is 19.3 Å². The molecule has 0 aromatic heterocycles. The Kier molecular flexibility index (Phi) is 10.5. The standard InChI is InChI=1S/C28H42O5/c1-4-5-10-20(2)25(29)15-14-23-24-18-21(11-6-7-12-27(30)31-3)17-22(24)19-26(23)33-28-13-8-9-16-32-28/h11,14-15,20,22-26,28-29H,6-10,12-13,16-19H2,1-3H3/b15-14+,21-11+/t20?,22?,23-,24+,25+,26-,28?/m1/s1. The predicted molar refractivity (Wildman–Crippen MR) is 129 cm³/mol. The monoisotopic (exact) mass is 458 g/mol. The van der Waals surface area contributed by atoms with Crippen molar-refractivity contribution in [3.63, 3.8) is 0 Å². The van der Waals surface area contributed by atoms with Crippen LogP contribution in [0.2, 0.25) is 0 Å². The third kappa shape index (κ3) is 7.70. The molecule has 3 aliphatic rings. The lowest BCUT2D eigenvalue weighted by atomic mass is 9.89. The van der Waals surface area contributed by atoms with E-state index in [1.807, 2.05) is 19.9 Å². The lowest BCUT2D eigenvalue weighted by Gasteiger charge is -2.29. The fourth-order valence-corrected chi connectivity index (χ4v) is 5.54. The minimum atomic E-state index is -0.494. The maximum atomic E-state index is 11.3. The van der Waals surface area contributed by atoms with Gasteiger partial charge >= 0.3 is 5.97 Å². The van der Waals surface area contributed by atoms with Crippen molar-refractivity contribution in [2.24, 2.45) is 23.7 Å². The summed E-state index contributed by atoms with van der Waals surface area (Å²) in [5.74, 6) is 7.42. The van der Waals surface area contributed by atoms with Crippen LogP contribution in [-0.2, 0) is 19.0 Å². The van der Waals surface area contributed by atoms with E-state index in [4.69, 9.17) is 14.2 Å². The molecule has 7 atom stereocenters. The van der Waals surface area contributed by atoms with Gasteiger partial charge in [0, 0.05) is 25.4 Å². The Bertz CT molecular complexity index is 739. The third-order valence-corrected chi connectivity index (χ3v) is 7.51. The van der Waals surface area contributed by atoms with Crippen molar-refractivity contribution < 1.29 is 24.1 Å². The first-order valence-corrected chi connectivity index (χ1v) is 12.8. The van der Waals surface area contributed by atoms with Gasteiger partial charge in [-0.25, -0.2) is 0 Å². The molecule has 3 unspecified atom stereocenters. The van der Waals surface area contributed by atoms with Crippen LogP contribution < -0.4 is 0 Å². The summed E-state index contributed by atoms with van der Waals surface area (Å²) in [4.78, 5) is 11.3. The molecule has 0 aromatic carbocycles. The minimum Gasteiger partial charge on any atom is -0.469 e. The first-order chi connectivity index (χ1) is 16.0. The summed E-state index contributed by atoms with van der Waals surface area (Å²) >= 11 is 0. The Morgan fingerprint density at radius 2 is 2.18 bits per heavy atom. The first-order valence-electron chi connectivity index (χ1n) is 12.8. The Labute approximate surface area is 199 Å². The highest BCUT2D eigenvalue weighted by Crippen LogP contribution is 2.52. The van der Waals surface area contributed by atoms with Gasteiger partial charge in [-0.2, -0.15) is 0 Å². The normalized spacial score (nSPS) is 32.4. The number of ether oxygens (including phenoxy) is 3. The summed E-state index contributed by atoms with van der Waals surface area (Å²) in [5.41, 5.74) is 1.51. The van der Waals surface area contributed by atoms with Gasteiger partial charge in [-0.3, -0.25) is 4.79 Å². The zero-order chi connectivity index (χ0) is 23.6.